The highest BCUT2D eigenvalue weighted by Gasteiger charge is 2.24. The fourth-order valence-corrected chi connectivity index (χ4v) is 4.79. The second-order valence-corrected chi connectivity index (χ2v) is 10.8. The van der Waals surface area contributed by atoms with E-state index in [1.54, 1.807) is 22.9 Å². The molecule has 2 aliphatic rings. The van der Waals surface area contributed by atoms with Crippen LogP contribution >= 0.6 is 0 Å². The zero-order chi connectivity index (χ0) is 29.6. The van der Waals surface area contributed by atoms with Gasteiger partial charge in [0.05, 0.1) is 30.8 Å². The SMILES string of the molecule is C=C(C=C(C=C(C)F)Oc1cc(NCCN2CCOCC2)c2ncc(-c3ccc(C(=O)NC4CC4)c(C)c3)n2n1)CC. The molecule has 5 rings (SSSR count). The number of carbonyl (C=O) groups excluding carboxylic acids is 1. The van der Waals surface area contributed by atoms with Crippen molar-refractivity contribution in [2.45, 2.75) is 46.1 Å². The molecule has 2 fully saturated rings. The lowest BCUT2D eigenvalue weighted by atomic mass is 10.0. The van der Waals surface area contributed by atoms with Gasteiger partial charge in [-0.3, -0.25) is 9.69 Å². The average molecular weight is 575 g/mol. The largest absolute Gasteiger partial charge is 0.437 e. The van der Waals surface area contributed by atoms with Gasteiger partial charge in [0.25, 0.3) is 5.91 Å². The molecule has 0 radical (unpaired) electrons. The molecular weight excluding hydrogens is 535 g/mol. The first-order valence-electron chi connectivity index (χ1n) is 14.6. The van der Waals surface area contributed by atoms with Crippen LogP contribution < -0.4 is 15.4 Å². The minimum Gasteiger partial charge on any atom is -0.437 e. The Kier molecular flexibility index (Phi) is 9.34. The Hall–Kier alpha value is -4.02. The number of morpholine rings is 1. The number of benzene rings is 1. The number of halogens is 1. The molecule has 222 valence electrons. The van der Waals surface area contributed by atoms with E-state index in [0.717, 1.165) is 73.8 Å². The summed E-state index contributed by atoms with van der Waals surface area (Å²) in [5.41, 5.74) is 5.30. The van der Waals surface area contributed by atoms with Crippen molar-refractivity contribution in [3.8, 4) is 17.1 Å². The zero-order valence-corrected chi connectivity index (χ0v) is 24.6. The highest BCUT2D eigenvalue weighted by Crippen LogP contribution is 2.29. The fraction of sp³-hybridized carbons (Fsp3) is 0.406. The number of anilines is 1. The molecule has 3 heterocycles. The molecule has 2 aromatic heterocycles. The van der Waals surface area contributed by atoms with Gasteiger partial charge in [0.1, 0.15) is 11.6 Å². The lowest BCUT2D eigenvalue weighted by Gasteiger charge is -2.26. The van der Waals surface area contributed by atoms with Crippen LogP contribution in [0.5, 0.6) is 5.88 Å². The van der Waals surface area contributed by atoms with Gasteiger partial charge in [-0.1, -0.05) is 25.1 Å². The minimum atomic E-state index is -0.389. The standard InChI is InChI=1S/C32H39FN6O3/c1-5-21(2)16-26(18-23(4)33)42-30-19-28(34-10-11-38-12-14-41-15-13-38)31-35-20-29(39(31)37-30)24-6-9-27(22(3)17-24)32(40)36-25-7-8-25/h6,9,16-20,25,34H,2,5,7-8,10-15H2,1,3-4H3,(H,36,40). The van der Waals surface area contributed by atoms with E-state index in [0.29, 0.717) is 29.9 Å². The first kappa shape index (κ1) is 29.5. The fourth-order valence-electron chi connectivity index (χ4n) is 4.79. The van der Waals surface area contributed by atoms with E-state index in [1.165, 1.54) is 13.0 Å². The molecule has 1 aliphatic carbocycles. The lowest BCUT2D eigenvalue weighted by Crippen LogP contribution is -2.39. The molecular formula is C32H39FN6O3. The van der Waals surface area contributed by atoms with Crippen LogP contribution in [0.3, 0.4) is 0 Å². The third kappa shape index (κ3) is 7.43. The summed E-state index contributed by atoms with van der Waals surface area (Å²) in [6.45, 7) is 14.1. The summed E-state index contributed by atoms with van der Waals surface area (Å²) < 4.78 is 27.3. The molecule has 0 spiro atoms. The van der Waals surface area contributed by atoms with Crippen molar-refractivity contribution in [2.24, 2.45) is 0 Å². The molecule has 2 N–H and O–H groups in total. The molecule has 0 atom stereocenters. The number of imidazole rings is 1. The minimum absolute atomic E-state index is 0.0514. The summed E-state index contributed by atoms with van der Waals surface area (Å²) in [5, 5.41) is 11.3. The summed E-state index contributed by atoms with van der Waals surface area (Å²) in [4.78, 5) is 19.7. The quantitative estimate of drug-likeness (QED) is 0.220. The van der Waals surface area contributed by atoms with Crippen molar-refractivity contribution in [3.63, 3.8) is 0 Å². The van der Waals surface area contributed by atoms with E-state index in [1.807, 2.05) is 32.0 Å². The normalized spacial score (nSPS) is 16.5. The van der Waals surface area contributed by atoms with Gasteiger partial charge in [-0.05, 0) is 56.9 Å². The van der Waals surface area contributed by atoms with Crippen LogP contribution in [0.4, 0.5) is 10.1 Å². The molecule has 0 unspecified atom stereocenters. The van der Waals surface area contributed by atoms with Crippen LogP contribution in [0, 0.1) is 6.92 Å². The van der Waals surface area contributed by atoms with Crippen LogP contribution in [0.1, 0.15) is 49.0 Å². The number of hydrogen-bond acceptors (Lipinski definition) is 7. The van der Waals surface area contributed by atoms with Gasteiger partial charge in [0.15, 0.2) is 5.65 Å². The third-order valence-electron chi connectivity index (χ3n) is 7.34. The van der Waals surface area contributed by atoms with Crippen molar-refractivity contribution in [1.29, 1.82) is 0 Å². The number of hydrogen-bond donors (Lipinski definition) is 2. The van der Waals surface area contributed by atoms with Gasteiger partial charge in [-0.2, -0.15) is 0 Å². The zero-order valence-electron chi connectivity index (χ0n) is 24.6. The number of allylic oxidation sites excluding steroid dienone is 4. The van der Waals surface area contributed by atoms with Crippen LogP contribution in [-0.4, -0.2) is 70.8 Å². The van der Waals surface area contributed by atoms with Crippen molar-refractivity contribution < 1.29 is 18.7 Å². The van der Waals surface area contributed by atoms with Gasteiger partial charge in [-0.25, -0.2) is 13.9 Å². The summed E-state index contributed by atoms with van der Waals surface area (Å²) in [6.07, 6.45) is 7.57. The molecule has 1 saturated heterocycles. The monoisotopic (exact) mass is 574 g/mol. The van der Waals surface area contributed by atoms with E-state index < -0.39 is 0 Å². The summed E-state index contributed by atoms with van der Waals surface area (Å²) >= 11 is 0. The van der Waals surface area contributed by atoms with E-state index in [-0.39, 0.29) is 23.7 Å². The van der Waals surface area contributed by atoms with E-state index in [2.05, 4.69) is 22.1 Å². The van der Waals surface area contributed by atoms with Crippen molar-refractivity contribution in [1.82, 2.24) is 24.8 Å². The highest BCUT2D eigenvalue weighted by molar-refractivity contribution is 5.96. The number of nitrogens with zero attached hydrogens (tertiary/aromatic N) is 4. The maximum Gasteiger partial charge on any atom is 0.251 e. The molecule has 3 aromatic rings. The predicted octanol–water partition coefficient (Wildman–Crippen LogP) is 5.44. The first-order valence-corrected chi connectivity index (χ1v) is 14.6. The summed E-state index contributed by atoms with van der Waals surface area (Å²) in [6, 6.07) is 7.79. The predicted molar refractivity (Wildman–Crippen MR) is 162 cm³/mol. The summed E-state index contributed by atoms with van der Waals surface area (Å²) in [5.74, 6) is 0.140. The molecule has 1 aromatic carbocycles. The van der Waals surface area contributed by atoms with E-state index in [9.17, 15) is 9.18 Å². The van der Waals surface area contributed by atoms with Crippen molar-refractivity contribution in [2.75, 3.05) is 44.7 Å². The maximum absolute atomic E-state index is 13.9. The van der Waals surface area contributed by atoms with Crippen LogP contribution in [0.2, 0.25) is 0 Å². The molecule has 10 heteroatoms. The highest BCUT2D eigenvalue weighted by atomic mass is 19.1. The number of amides is 1. The van der Waals surface area contributed by atoms with Gasteiger partial charge in [0, 0.05) is 55.5 Å². The molecule has 1 saturated carbocycles. The third-order valence-corrected chi connectivity index (χ3v) is 7.34. The molecule has 1 amide bonds. The number of ether oxygens (including phenoxy) is 2. The lowest BCUT2D eigenvalue weighted by molar-refractivity contribution is 0.0398. The van der Waals surface area contributed by atoms with Crippen molar-refractivity contribution >= 4 is 17.2 Å². The number of aromatic nitrogens is 3. The van der Waals surface area contributed by atoms with Crippen LogP contribution in [0.15, 0.2) is 66.4 Å². The number of aryl methyl sites for hydroxylation is 1. The summed E-state index contributed by atoms with van der Waals surface area (Å²) in [7, 11) is 0. The molecule has 1 aliphatic heterocycles. The van der Waals surface area contributed by atoms with Gasteiger partial charge in [0.2, 0.25) is 5.88 Å². The Morgan fingerprint density at radius 1 is 1.24 bits per heavy atom. The Balaban J connectivity index is 1.48. The van der Waals surface area contributed by atoms with Gasteiger partial charge in [-0.15, -0.1) is 5.10 Å². The van der Waals surface area contributed by atoms with E-state index in [4.69, 9.17) is 19.6 Å². The molecule has 9 nitrogen and oxygen atoms in total. The van der Waals surface area contributed by atoms with Crippen LogP contribution in [-0.2, 0) is 4.74 Å². The first-order chi connectivity index (χ1) is 20.3. The van der Waals surface area contributed by atoms with Gasteiger partial charge < -0.3 is 20.1 Å². The second kappa shape index (κ2) is 13.3. The molecule has 0 bridgehead atoms. The second-order valence-electron chi connectivity index (χ2n) is 10.8. The van der Waals surface area contributed by atoms with Crippen molar-refractivity contribution in [3.05, 3.63) is 77.5 Å². The Morgan fingerprint density at radius 3 is 2.71 bits per heavy atom. The average Bonchev–Trinajstić information content (AvgIpc) is 3.67. The number of nitrogens with one attached hydrogen (secondary N) is 2. The number of carbonyl (C=O) groups is 1. The van der Waals surface area contributed by atoms with E-state index >= 15 is 0 Å². The Labute approximate surface area is 246 Å². The van der Waals surface area contributed by atoms with Crippen LogP contribution in [0.25, 0.3) is 16.9 Å². The molecule has 42 heavy (non-hydrogen) atoms. The Morgan fingerprint density at radius 2 is 2.02 bits per heavy atom. The smallest absolute Gasteiger partial charge is 0.251 e. The number of rotatable bonds is 12. The van der Waals surface area contributed by atoms with Gasteiger partial charge >= 0.3 is 0 Å². The topological polar surface area (TPSA) is 93.0 Å². The Bertz CT molecular complexity index is 1510. The number of fused-ring (bicyclic) bond motifs is 1. The maximum atomic E-state index is 13.9.